The largest absolute Gasteiger partial charge is 0.481 e. The average molecular weight is 403 g/mol. The number of nitrogens with one attached hydrogen (secondary N) is 2. The van der Waals surface area contributed by atoms with E-state index in [4.69, 9.17) is 14.6 Å². The standard InChI is InChI=1S/C21H42N2O5/c1-5-6-10-16-27-18(17-19(24)25)12-8-7-9-13-22-14-11-15-23-20(26)28-21(2,3)4/h18,22H,5-17H2,1-4H3,(H,23,26)(H,24,25). The fraction of sp³-hybridized carbons (Fsp3) is 0.905. The van der Waals surface area contributed by atoms with Crippen LogP contribution in [0, 0.1) is 0 Å². The van der Waals surface area contributed by atoms with Crippen LogP contribution in [0.25, 0.3) is 0 Å². The Kier molecular flexibility index (Phi) is 15.8. The van der Waals surface area contributed by atoms with Crippen LogP contribution < -0.4 is 10.6 Å². The summed E-state index contributed by atoms with van der Waals surface area (Å²) in [4.78, 5) is 22.4. The Bertz CT molecular complexity index is 410. The minimum Gasteiger partial charge on any atom is -0.481 e. The van der Waals surface area contributed by atoms with Gasteiger partial charge in [-0.15, -0.1) is 0 Å². The highest BCUT2D eigenvalue weighted by Gasteiger charge is 2.15. The van der Waals surface area contributed by atoms with Gasteiger partial charge in [-0.05, 0) is 59.5 Å². The van der Waals surface area contributed by atoms with Crippen molar-refractivity contribution >= 4 is 12.1 Å². The van der Waals surface area contributed by atoms with E-state index < -0.39 is 11.6 Å². The summed E-state index contributed by atoms with van der Waals surface area (Å²) in [5, 5.41) is 15.1. The number of ether oxygens (including phenoxy) is 2. The lowest BCUT2D eigenvalue weighted by atomic mass is 10.1. The van der Waals surface area contributed by atoms with Gasteiger partial charge in [-0.25, -0.2) is 4.79 Å². The predicted molar refractivity (Wildman–Crippen MR) is 112 cm³/mol. The molecule has 0 saturated carbocycles. The molecule has 0 aliphatic heterocycles. The number of hydrogen-bond acceptors (Lipinski definition) is 5. The molecule has 0 aromatic rings. The molecule has 0 radical (unpaired) electrons. The Labute approximate surface area is 170 Å². The summed E-state index contributed by atoms with van der Waals surface area (Å²) in [5.41, 5.74) is -0.466. The number of aliphatic carboxylic acids is 1. The topological polar surface area (TPSA) is 96.9 Å². The summed E-state index contributed by atoms with van der Waals surface area (Å²) >= 11 is 0. The second-order valence-corrected chi connectivity index (χ2v) is 8.18. The molecule has 0 aliphatic rings. The maximum absolute atomic E-state index is 11.5. The van der Waals surface area contributed by atoms with Crippen molar-refractivity contribution < 1.29 is 24.2 Å². The Morgan fingerprint density at radius 1 is 0.964 bits per heavy atom. The molecular formula is C21H42N2O5. The summed E-state index contributed by atoms with van der Waals surface area (Å²) in [6.45, 7) is 10.7. The second kappa shape index (κ2) is 16.6. The molecule has 0 aromatic carbocycles. The lowest BCUT2D eigenvalue weighted by molar-refractivity contribution is -0.140. The fourth-order valence-electron chi connectivity index (χ4n) is 2.68. The van der Waals surface area contributed by atoms with Gasteiger partial charge in [0.05, 0.1) is 12.5 Å². The molecule has 166 valence electrons. The van der Waals surface area contributed by atoms with E-state index in [9.17, 15) is 9.59 Å². The molecule has 1 unspecified atom stereocenters. The molecule has 0 aliphatic carbocycles. The monoisotopic (exact) mass is 402 g/mol. The van der Waals surface area contributed by atoms with Gasteiger partial charge in [0.25, 0.3) is 0 Å². The smallest absolute Gasteiger partial charge is 0.407 e. The van der Waals surface area contributed by atoms with E-state index in [1.165, 1.54) is 0 Å². The molecule has 0 rings (SSSR count). The SMILES string of the molecule is CCCCCOC(CCCCCNCCCNC(=O)OC(C)(C)C)CC(=O)O. The number of rotatable bonds is 17. The van der Waals surface area contributed by atoms with E-state index >= 15 is 0 Å². The van der Waals surface area contributed by atoms with Crippen molar-refractivity contribution in [1.29, 1.82) is 0 Å². The first-order chi connectivity index (χ1) is 13.2. The van der Waals surface area contributed by atoms with E-state index in [0.717, 1.165) is 64.5 Å². The van der Waals surface area contributed by atoms with Crippen LogP contribution in [0.15, 0.2) is 0 Å². The lowest BCUT2D eigenvalue weighted by Crippen LogP contribution is -2.34. The third kappa shape index (κ3) is 19.4. The minimum absolute atomic E-state index is 0.0923. The summed E-state index contributed by atoms with van der Waals surface area (Å²) in [6.07, 6.45) is 7.55. The van der Waals surface area contributed by atoms with Crippen molar-refractivity contribution in [1.82, 2.24) is 10.6 Å². The highest BCUT2D eigenvalue weighted by Crippen LogP contribution is 2.11. The Morgan fingerprint density at radius 3 is 2.32 bits per heavy atom. The van der Waals surface area contributed by atoms with Crippen molar-refractivity contribution in [3.63, 3.8) is 0 Å². The second-order valence-electron chi connectivity index (χ2n) is 8.18. The summed E-state index contributed by atoms with van der Waals surface area (Å²) < 4.78 is 10.9. The van der Waals surface area contributed by atoms with E-state index in [0.29, 0.717) is 13.2 Å². The molecule has 0 aromatic heterocycles. The van der Waals surface area contributed by atoms with Crippen LogP contribution in [-0.2, 0) is 14.3 Å². The van der Waals surface area contributed by atoms with Crippen LogP contribution in [0.4, 0.5) is 4.79 Å². The van der Waals surface area contributed by atoms with Crippen molar-refractivity contribution in [2.75, 3.05) is 26.2 Å². The fourth-order valence-corrected chi connectivity index (χ4v) is 2.68. The molecule has 1 amide bonds. The number of carboxylic acids is 1. The van der Waals surface area contributed by atoms with Crippen molar-refractivity contribution in [3.8, 4) is 0 Å². The van der Waals surface area contributed by atoms with Crippen molar-refractivity contribution in [2.24, 2.45) is 0 Å². The van der Waals surface area contributed by atoms with Gasteiger partial charge in [0.15, 0.2) is 0 Å². The Hall–Kier alpha value is -1.34. The third-order valence-electron chi connectivity index (χ3n) is 4.08. The summed E-state index contributed by atoms with van der Waals surface area (Å²) in [7, 11) is 0. The number of alkyl carbamates (subject to hydrolysis) is 1. The number of carbonyl (C=O) groups excluding carboxylic acids is 1. The molecule has 0 saturated heterocycles. The molecule has 7 nitrogen and oxygen atoms in total. The van der Waals surface area contributed by atoms with Gasteiger partial charge in [0.2, 0.25) is 0 Å². The normalized spacial score (nSPS) is 12.6. The summed E-state index contributed by atoms with van der Waals surface area (Å²) in [6, 6.07) is 0. The van der Waals surface area contributed by atoms with E-state index in [1.807, 2.05) is 20.8 Å². The van der Waals surface area contributed by atoms with Crippen molar-refractivity contribution in [2.45, 2.75) is 97.2 Å². The first-order valence-corrected chi connectivity index (χ1v) is 10.8. The predicted octanol–water partition coefficient (Wildman–Crippen LogP) is 4.10. The lowest BCUT2D eigenvalue weighted by Gasteiger charge is -2.19. The van der Waals surface area contributed by atoms with Gasteiger partial charge in [0.1, 0.15) is 5.60 Å². The van der Waals surface area contributed by atoms with Gasteiger partial charge in [-0.1, -0.05) is 32.6 Å². The number of carbonyl (C=O) groups is 2. The Balaban J connectivity index is 3.59. The zero-order valence-corrected chi connectivity index (χ0v) is 18.3. The van der Waals surface area contributed by atoms with Crippen LogP contribution in [0.3, 0.4) is 0 Å². The average Bonchev–Trinajstić information content (AvgIpc) is 2.58. The maximum atomic E-state index is 11.5. The first-order valence-electron chi connectivity index (χ1n) is 10.8. The van der Waals surface area contributed by atoms with Gasteiger partial charge in [-0.3, -0.25) is 4.79 Å². The number of amides is 1. The van der Waals surface area contributed by atoms with Gasteiger partial charge in [-0.2, -0.15) is 0 Å². The zero-order chi connectivity index (χ0) is 21.3. The van der Waals surface area contributed by atoms with Crippen molar-refractivity contribution in [3.05, 3.63) is 0 Å². The quantitative estimate of drug-likeness (QED) is 0.317. The number of unbranched alkanes of at least 4 members (excludes halogenated alkanes) is 4. The maximum Gasteiger partial charge on any atom is 0.407 e. The molecule has 0 fully saturated rings. The molecule has 0 bridgehead atoms. The van der Waals surface area contributed by atoms with Crippen LogP contribution in [0.1, 0.15) is 85.5 Å². The molecule has 0 spiro atoms. The Morgan fingerprint density at radius 2 is 1.68 bits per heavy atom. The number of hydrogen-bond donors (Lipinski definition) is 3. The molecule has 28 heavy (non-hydrogen) atoms. The third-order valence-corrected chi connectivity index (χ3v) is 4.08. The van der Waals surface area contributed by atoms with Gasteiger partial charge < -0.3 is 25.2 Å². The van der Waals surface area contributed by atoms with E-state index in [-0.39, 0.29) is 18.6 Å². The van der Waals surface area contributed by atoms with Crippen LogP contribution in [0.5, 0.6) is 0 Å². The first kappa shape index (κ1) is 26.7. The zero-order valence-electron chi connectivity index (χ0n) is 18.3. The molecule has 7 heteroatoms. The highest BCUT2D eigenvalue weighted by molar-refractivity contribution is 5.67. The molecule has 1 atom stereocenters. The molecular weight excluding hydrogens is 360 g/mol. The van der Waals surface area contributed by atoms with E-state index in [2.05, 4.69) is 17.6 Å². The van der Waals surface area contributed by atoms with E-state index in [1.54, 1.807) is 0 Å². The van der Waals surface area contributed by atoms with Gasteiger partial charge >= 0.3 is 12.1 Å². The number of carboxylic acid groups (broad SMARTS) is 1. The van der Waals surface area contributed by atoms with Crippen LogP contribution in [-0.4, -0.2) is 55.1 Å². The van der Waals surface area contributed by atoms with Gasteiger partial charge in [0, 0.05) is 13.2 Å². The van der Waals surface area contributed by atoms with Crippen LogP contribution >= 0.6 is 0 Å². The molecule has 0 heterocycles. The highest BCUT2D eigenvalue weighted by atomic mass is 16.6. The van der Waals surface area contributed by atoms with Crippen LogP contribution in [0.2, 0.25) is 0 Å². The summed E-state index contributed by atoms with van der Waals surface area (Å²) in [5.74, 6) is -0.790. The molecule has 3 N–H and O–H groups in total. The minimum atomic E-state index is -0.790.